The van der Waals surface area contributed by atoms with Gasteiger partial charge in [0.2, 0.25) is 0 Å². The van der Waals surface area contributed by atoms with Crippen LogP contribution in [-0.4, -0.2) is 0 Å². The molecule has 0 saturated carbocycles. The summed E-state index contributed by atoms with van der Waals surface area (Å²) in [6.07, 6.45) is 3.70. The van der Waals surface area contributed by atoms with Crippen molar-refractivity contribution in [2.75, 3.05) is 0 Å². The molecule has 1 aromatic carbocycles. The van der Waals surface area contributed by atoms with E-state index in [1.54, 1.807) is 6.07 Å². The third-order valence-electron chi connectivity index (χ3n) is 6.34. The predicted molar refractivity (Wildman–Crippen MR) is 108 cm³/mol. The first-order valence-electron chi connectivity index (χ1n) is 9.39. The summed E-state index contributed by atoms with van der Waals surface area (Å²) >= 11 is 6.51. The first-order chi connectivity index (χ1) is 13.2. The molecule has 0 fully saturated rings. The second kappa shape index (κ2) is 7.01. The van der Waals surface area contributed by atoms with Crippen LogP contribution in [0.2, 0.25) is 5.02 Å². The van der Waals surface area contributed by atoms with Crippen molar-refractivity contribution in [3.8, 4) is 18.2 Å². The lowest BCUT2D eigenvalue weighted by molar-refractivity contribution is 0.170. The second-order valence-corrected chi connectivity index (χ2v) is 9.14. The summed E-state index contributed by atoms with van der Waals surface area (Å²) in [6, 6.07) is 13.8. The zero-order chi connectivity index (χ0) is 20.7. The molecule has 3 rings (SSSR count). The maximum absolute atomic E-state index is 10.1. The monoisotopic (exact) mass is 390 g/mol. The van der Waals surface area contributed by atoms with Crippen molar-refractivity contribution in [1.29, 1.82) is 15.8 Å². The van der Waals surface area contributed by atoms with E-state index in [1.807, 2.05) is 18.2 Å². The summed E-state index contributed by atoms with van der Waals surface area (Å²) in [5, 5.41) is 30.5. The summed E-state index contributed by atoms with van der Waals surface area (Å²) < 4.78 is 0. The van der Waals surface area contributed by atoms with Gasteiger partial charge in [-0.05, 0) is 47.3 Å². The topological polar surface area (TPSA) is 97.4 Å². The molecule has 0 bridgehead atoms. The van der Waals surface area contributed by atoms with Crippen LogP contribution >= 0.6 is 11.6 Å². The Hall–Kier alpha value is -2.74. The van der Waals surface area contributed by atoms with Crippen molar-refractivity contribution in [1.82, 2.24) is 0 Å². The fraction of sp³-hybridized carbons (Fsp3) is 0.435. The highest BCUT2D eigenvalue weighted by molar-refractivity contribution is 6.31. The van der Waals surface area contributed by atoms with Gasteiger partial charge in [0.25, 0.3) is 0 Å². The van der Waals surface area contributed by atoms with Crippen LogP contribution in [0.25, 0.3) is 0 Å². The first-order valence-corrected chi connectivity index (χ1v) is 9.76. The minimum absolute atomic E-state index is 0.0432. The molecule has 2 N–H and O–H groups in total. The van der Waals surface area contributed by atoms with Crippen molar-refractivity contribution < 1.29 is 0 Å². The number of nitriles is 3. The Bertz CT molecular complexity index is 977. The summed E-state index contributed by atoms with van der Waals surface area (Å²) in [5.74, 6) is -0.329. The van der Waals surface area contributed by atoms with Crippen LogP contribution in [0.15, 0.2) is 47.2 Å². The average Bonchev–Trinajstić information content (AvgIpc) is 2.67. The lowest BCUT2D eigenvalue weighted by Gasteiger charge is -2.47. The Labute approximate surface area is 171 Å². The summed E-state index contributed by atoms with van der Waals surface area (Å²) in [6.45, 7) is 6.59. The van der Waals surface area contributed by atoms with Crippen LogP contribution in [0.1, 0.15) is 45.1 Å². The Morgan fingerprint density at radius 3 is 2.32 bits per heavy atom. The molecule has 0 amide bonds. The van der Waals surface area contributed by atoms with E-state index in [2.05, 4.69) is 45.1 Å². The molecule has 0 aromatic heterocycles. The van der Waals surface area contributed by atoms with Gasteiger partial charge in [-0.3, -0.25) is 0 Å². The number of nitrogens with zero attached hydrogens (tertiary/aromatic N) is 3. The quantitative estimate of drug-likeness (QED) is 0.711. The van der Waals surface area contributed by atoms with E-state index >= 15 is 0 Å². The van der Waals surface area contributed by atoms with Crippen molar-refractivity contribution in [3.63, 3.8) is 0 Å². The minimum atomic E-state index is -1.63. The zero-order valence-electron chi connectivity index (χ0n) is 16.3. The van der Waals surface area contributed by atoms with Crippen LogP contribution in [0.3, 0.4) is 0 Å². The van der Waals surface area contributed by atoms with Crippen molar-refractivity contribution in [2.24, 2.45) is 28.4 Å². The average molecular weight is 391 g/mol. The number of hydrogen-bond donors (Lipinski definition) is 1. The van der Waals surface area contributed by atoms with Gasteiger partial charge in [-0.2, -0.15) is 15.8 Å². The number of hydrogen-bond acceptors (Lipinski definition) is 4. The van der Waals surface area contributed by atoms with Gasteiger partial charge in [0.15, 0.2) is 5.41 Å². The van der Waals surface area contributed by atoms with Gasteiger partial charge in [-0.25, -0.2) is 0 Å². The third kappa shape index (κ3) is 2.88. The van der Waals surface area contributed by atoms with Crippen molar-refractivity contribution in [3.05, 3.63) is 57.8 Å². The van der Waals surface area contributed by atoms with Crippen LogP contribution in [0.4, 0.5) is 0 Å². The predicted octanol–water partition coefficient (Wildman–Crippen LogP) is 5.21. The summed E-state index contributed by atoms with van der Waals surface area (Å²) in [4.78, 5) is 0. The SMILES string of the molecule is CC(C)(C)[C@H]1CC=C2C(C#N)=C(N)C(C#N)(C#N)[C@@H](c3ccccc3Cl)[C@H]2C1. The number of benzene rings is 1. The van der Waals surface area contributed by atoms with Gasteiger partial charge in [0.05, 0.1) is 23.4 Å². The largest absolute Gasteiger partial charge is 0.399 e. The highest BCUT2D eigenvalue weighted by Gasteiger charge is 2.55. The molecule has 0 saturated heterocycles. The fourth-order valence-electron chi connectivity index (χ4n) is 4.67. The van der Waals surface area contributed by atoms with Gasteiger partial charge >= 0.3 is 0 Å². The Morgan fingerprint density at radius 2 is 1.79 bits per heavy atom. The molecule has 0 heterocycles. The molecule has 142 valence electrons. The van der Waals surface area contributed by atoms with Gasteiger partial charge in [0, 0.05) is 10.9 Å². The molecule has 2 aliphatic rings. The summed E-state index contributed by atoms with van der Waals surface area (Å²) in [5.41, 5.74) is 6.67. The fourth-order valence-corrected chi connectivity index (χ4v) is 4.92. The maximum Gasteiger partial charge on any atom is 0.191 e. The molecule has 1 aromatic rings. The molecule has 2 aliphatic carbocycles. The molecule has 4 nitrogen and oxygen atoms in total. The molecular formula is C23H23ClN4. The normalized spacial score (nSPS) is 26.3. The number of fused-ring (bicyclic) bond motifs is 1. The van der Waals surface area contributed by atoms with E-state index in [4.69, 9.17) is 17.3 Å². The van der Waals surface area contributed by atoms with Gasteiger partial charge in [-0.15, -0.1) is 0 Å². The molecule has 28 heavy (non-hydrogen) atoms. The highest BCUT2D eigenvalue weighted by atomic mass is 35.5. The van der Waals surface area contributed by atoms with Crippen LogP contribution in [0, 0.1) is 56.7 Å². The van der Waals surface area contributed by atoms with Crippen LogP contribution in [-0.2, 0) is 0 Å². The minimum Gasteiger partial charge on any atom is -0.399 e. The molecule has 3 atom stereocenters. The molecule has 5 heteroatoms. The number of rotatable bonds is 1. The van der Waals surface area contributed by atoms with E-state index in [-0.39, 0.29) is 22.6 Å². The molecular weight excluding hydrogens is 368 g/mol. The van der Waals surface area contributed by atoms with Gasteiger partial charge in [0.1, 0.15) is 6.07 Å². The Morgan fingerprint density at radius 1 is 1.14 bits per heavy atom. The lowest BCUT2D eigenvalue weighted by atomic mass is 9.54. The smallest absolute Gasteiger partial charge is 0.191 e. The summed E-state index contributed by atoms with van der Waals surface area (Å²) in [7, 11) is 0. The standard InChI is InChI=1S/C23H23ClN4/c1-22(2,3)14-8-9-15-17(10-14)20(16-6-4-5-7-19(16)24)23(12-26,13-27)21(28)18(15)11-25/h4-7,9,14,17,20H,8,10,28H2,1-3H3/t14-,17-,20-/m0/s1. The number of halogens is 1. The zero-order valence-corrected chi connectivity index (χ0v) is 17.1. The Kier molecular flexibility index (Phi) is 5.01. The van der Waals surface area contributed by atoms with Crippen molar-refractivity contribution in [2.45, 2.75) is 39.5 Å². The maximum atomic E-state index is 10.1. The third-order valence-corrected chi connectivity index (χ3v) is 6.69. The molecule has 0 spiro atoms. The van der Waals surface area contributed by atoms with E-state index in [9.17, 15) is 15.8 Å². The van der Waals surface area contributed by atoms with Crippen LogP contribution in [0.5, 0.6) is 0 Å². The van der Waals surface area contributed by atoms with E-state index < -0.39 is 11.3 Å². The van der Waals surface area contributed by atoms with Crippen molar-refractivity contribution >= 4 is 11.6 Å². The molecule has 0 aliphatic heterocycles. The van der Waals surface area contributed by atoms with Gasteiger partial charge in [-0.1, -0.05) is 56.6 Å². The molecule has 0 radical (unpaired) electrons. The van der Waals surface area contributed by atoms with E-state index in [0.717, 1.165) is 24.0 Å². The number of nitrogens with two attached hydrogens (primary N) is 1. The lowest BCUT2D eigenvalue weighted by Crippen LogP contribution is -2.44. The first kappa shape index (κ1) is 20.0. The van der Waals surface area contributed by atoms with E-state index in [0.29, 0.717) is 10.9 Å². The second-order valence-electron chi connectivity index (χ2n) is 8.73. The van der Waals surface area contributed by atoms with Gasteiger partial charge < -0.3 is 5.73 Å². The number of allylic oxidation sites excluding steroid dienone is 4. The highest BCUT2D eigenvalue weighted by Crippen LogP contribution is 2.58. The van der Waals surface area contributed by atoms with E-state index in [1.165, 1.54) is 0 Å². The van der Waals surface area contributed by atoms with Crippen LogP contribution < -0.4 is 5.73 Å². The Balaban J connectivity index is 2.33. The molecule has 0 unspecified atom stereocenters.